The monoisotopic (exact) mass is 328 g/mol. The van der Waals surface area contributed by atoms with Crippen LogP contribution in [0.3, 0.4) is 0 Å². The number of amidine groups is 1. The van der Waals surface area contributed by atoms with Crippen molar-refractivity contribution in [3.8, 4) is 0 Å². The van der Waals surface area contributed by atoms with Crippen LogP contribution >= 0.6 is 0 Å². The zero-order valence-electron chi connectivity index (χ0n) is 13.4. The molecule has 2 N–H and O–H groups in total. The predicted molar refractivity (Wildman–Crippen MR) is 89.1 cm³/mol. The molecule has 0 aliphatic rings. The molecule has 0 saturated carbocycles. The number of ketones is 1. The normalized spacial score (nSPS) is 11.2. The number of nitrogens with two attached hydrogens (primary N) is 1. The van der Waals surface area contributed by atoms with Gasteiger partial charge in [-0.15, -0.1) is 0 Å². The van der Waals surface area contributed by atoms with Gasteiger partial charge in [-0.3, -0.25) is 4.79 Å². The van der Waals surface area contributed by atoms with Crippen molar-refractivity contribution >= 4 is 23.3 Å². The third kappa shape index (κ3) is 4.25. The second-order valence-electron chi connectivity index (χ2n) is 5.20. The van der Waals surface area contributed by atoms with Crippen molar-refractivity contribution in [2.75, 3.05) is 7.11 Å². The number of rotatable bonds is 5. The van der Waals surface area contributed by atoms with E-state index >= 15 is 0 Å². The number of ether oxygens (including phenoxy) is 1. The van der Waals surface area contributed by atoms with E-state index in [2.05, 4.69) is 9.73 Å². The molecule has 0 aromatic heterocycles. The van der Waals surface area contributed by atoms with E-state index in [1.54, 1.807) is 18.2 Å². The number of esters is 1. The van der Waals surface area contributed by atoms with Gasteiger partial charge in [-0.05, 0) is 48.9 Å². The van der Waals surface area contributed by atoms with Gasteiger partial charge < -0.3 is 10.5 Å². The number of carbonyl (C=O) groups is 2. The second-order valence-corrected chi connectivity index (χ2v) is 5.20. The van der Waals surface area contributed by atoms with E-state index in [1.807, 2.05) is 6.92 Å². The highest BCUT2D eigenvalue weighted by atomic mass is 19.1. The van der Waals surface area contributed by atoms with Gasteiger partial charge >= 0.3 is 5.97 Å². The summed E-state index contributed by atoms with van der Waals surface area (Å²) in [4.78, 5) is 27.9. The molecule has 124 valence electrons. The molecule has 0 saturated heterocycles. The van der Waals surface area contributed by atoms with Crippen LogP contribution in [0.5, 0.6) is 0 Å². The Kier molecular flexibility index (Phi) is 5.42. The van der Waals surface area contributed by atoms with Crippen molar-refractivity contribution in [2.24, 2.45) is 10.7 Å². The number of aliphatic imine (C=N–C) groups is 1. The molecule has 0 heterocycles. The Balaban J connectivity index is 2.19. The number of hydrogen-bond acceptors (Lipinski definition) is 4. The van der Waals surface area contributed by atoms with Gasteiger partial charge in [-0.1, -0.05) is 6.07 Å². The molecular formula is C18H17FN2O3. The van der Waals surface area contributed by atoms with Crippen molar-refractivity contribution in [3.63, 3.8) is 0 Å². The molecule has 0 atom stereocenters. The fraction of sp³-hybridized carbons (Fsp3) is 0.167. The lowest BCUT2D eigenvalue weighted by molar-refractivity contribution is 0.0600. The van der Waals surface area contributed by atoms with Gasteiger partial charge in [0, 0.05) is 5.56 Å². The van der Waals surface area contributed by atoms with Crippen LogP contribution < -0.4 is 5.73 Å². The summed E-state index contributed by atoms with van der Waals surface area (Å²) in [6.07, 6.45) is -0.104. The molecule has 0 unspecified atom stereocenters. The van der Waals surface area contributed by atoms with Gasteiger partial charge in [0.1, 0.15) is 11.7 Å². The number of Topliss-reactive ketones (excluding diaryl/α,β-unsaturated/α-hetero) is 1. The minimum absolute atomic E-state index is 0.104. The molecule has 6 heteroatoms. The van der Waals surface area contributed by atoms with E-state index in [4.69, 9.17) is 5.73 Å². The maximum Gasteiger partial charge on any atom is 0.337 e. The maximum atomic E-state index is 12.9. The van der Waals surface area contributed by atoms with Crippen LogP contribution in [0.15, 0.2) is 47.5 Å². The Bertz CT molecular complexity index is 798. The van der Waals surface area contributed by atoms with Crippen molar-refractivity contribution in [1.29, 1.82) is 0 Å². The summed E-state index contributed by atoms with van der Waals surface area (Å²) < 4.78 is 17.5. The first-order valence-corrected chi connectivity index (χ1v) is 7.21. The molecule has 24 heavy (non-hydrogen) atoms. The molecule has 0 fully saturated rings. The molecule has 2 aromatic carbocycles. The Morgan fingerprint density at radius 1 is 1.12 bits per heavy atom. The maximum absolute atomic E-state index is 12.9. The van der Waals surface area contributed by atoms with Crippen LogP contribution in [-0.4, -0.2) is 24.7 Å². The molecule has 0 bridgehead atoms. The van der Waals surface area contributed by atoms with Gasteiger partial charge in [-0.25, -0.2) is 14.2 Å². The van der Waals surface area contributed by atoms with E-state index in [-0.39, 0.29) is 18.0 Å². The van der Waals surface area contributed by atoms with Gasteiger partial charge in [-0.2, -0.15) is 0 Å². The number of carbonyl (C=O) groups excluding carboxylic acids is 2. The van der Waals surface area contributed by atoms with Gasteiger partial charge in [0.05, 0.1) is 24.8 Å². The van der Waals surface area contributed by atoms with E-state index in [0.29, 0.717) is 16.8 Å². The molecule has 0 radical (unpaired) electrons. The van der Waals surface area contributed by atoms with Gasteiger partial charge in [0.15, 0.2) is 5.78 Å². The SMILES string of the molecule is COC(=O)c1ccc(C)c(N=C(N)CC(=O)c2ccc(F)cc2)c1. The summed E-state index contributed by atoms with van der Waals surface area (Å²) in [6, 6.07) is 10.1. The number of methoxy groups -OCH3 is 1. The summed E-state index contributed by atoms with van der Waals surface area (Å²) in [6.45, 7) is 1.81. The summed E-state index contributed by atoms with van der Waals surface area (Å²) in [5, 5.41) is 0. The molecule has 0 aliphatic carbocycles. The fourth-order valence-electron chi connectivity index (χ4n) is 2.07. The molecule has 2 rings (SSSR count). The molecule has 0 amide bonds. The van der Waals surface area contributed by atoms with Gasteiger partial charge in [0.2, 0.25) is 0 Å². The van der Waals surface area contributed by atoms with E-state index in [0.717, 1.165) is 5.56 Å². The van der Waals surface area contributed by atoms with Crippen molar-refractivity contribution < 1.29 is 18.7 Å². The number of benzene rings is 2. The van der Waals surface area contributed by atoms with Crippen LogP contribution in [0.4, 0.5) is 10.1 Å². The topological polar surface area (TPSA) is 81.8 Å². The third-order valence-electron chi connectivity index (χ3n) is 3.40. The molecule has 0 aliphatic heterocycles. The average Bonchev–Trinajstić information content (AvgIpc) is 2.56. The molecule has 5 nitrogen and oxygen atoms in total. The fourth-order valence-corrected chi connectivity index (χ4v) is 2.07. The predicted octanol–water partition coefficient (Wildman–Crippen LogP) is 3.18. The van der Waals surface area contributed by atoms with Crippen molar-refractivity contribution in [2.45, 2.75) is 13.3 Å². The first-order valence-electron chi connectivity index (χ1n) is 7.21. The Labute approximate surface area is 139 Å². The Hall–Kier alpha value is -3.02. The van der Waals surface area contributed by atoms with Crippen LogP contribution in [0, 0.1) is 12.7 Å². The van der Waals surface area contributed by atoms with Crippen molar-refractivity contribution in [3.05, 3.63) is 65.0 Å². The number of aryl methyl sites for hydroxylation is 1. The van der Waals surface area contributed by atoms with E-state index in [1.165, 1.54) is 31.4 Å². The highest BCUT2D eigenvalue weighted by Crippen LogP contribution is 2.21. The van der Waals surface area contributed by atoms with E-state index in [9.17, 15) is 14.0 Å². The minimum atomic E-state index is -0.479. The second kappa shape index (κ2) is 7.50. The number of nitrogens with zero attached hydrogens (tertiary/aromatic N) is 1. The zero-order chi connectivity index (χ0) is 17.7. The summed E-state index contributed by atoms with van der Waals surface area (Å²) >= 11 is 0. The van der Waals surface area contributed by atoms with Crippen LogP contribution in [0.2, 0.25) is 0 Å². The largest absolute Gasteiger partial charge is 0.465 e. The summed E-state index contributed by atoms with van der Waals surface area (Å²) in [7, 11) is 1.29. The average molecular weight is 328 g/mol. The van der Waals surface area contributed by atoms with Crippen LogP contribution in [0.25, 0.3) is 0 Å². The number of halogens is 1. The lowest BCUT2D eigenvalue weighted by atomic mass is 10.1. The van der Waals surface area contributed by atoms with E-state index < -0.39 is 11.8 Å². The first kappa shape index (κ1) is 17.3. The molecule has 2 aromatic rings. The quantitative estimate of drug-likeness (QED) is 0.395. The zero-order valence-corrected chi connectivity index (χ0v) is 13.4. The number of hydrogen-bond donors (Lipinski definition) is 1. The minimum Gasteiger partial charge on any atom is -0.465 e. The smallest absolute Gasteiger partial charge is 0.337 e. The molecule has 0 spiro atoms. The summed E-state index contributed by atoms with van der Waals surface area (Å²) in [5.41, 5.74) is 7.84. The Morgan fingerprint density at radius 2 is 1.75 bits per heavy atom. The lowest BCUT2D eigenvalue weighted by Crippen LogP contribution is -2.17. The Morgan fingerprint density at radius 3 is 2.38 bits per heavy atom. The standard InChI is InChI=1S/C18H17FN2O3/c1-11-3-4-13(18(23)24-2)9-15(11)21-17(20)10-16(22)12-5-7-14(19)8-6-12/h3-9H,10H2,1-2H3,(H2,20,21). The van der Waals surface area contributed by atoms with Crippen molar-refractivity contribution in [1.82, 2.24) is 0 Å². The molecular weight excluding hydrogens is 311 g/mol. The third-order valence-corrected chi connectivity index (χ3v) is 3.40. The first-order chi connectivity index (χ1) is 11.4. The summed E-state index contributed by atoms with van der Waals surface area (Å²) in [5.74, 6) is -1.05. The van der Waals surface area contributed by atoms with Crippen LogP contribution in [0.1, 0.15) is 32.7 Å². The lowest BCUT2D eigenvalue weighted by Gasteiger charge is -2.06. The van der Waals surface area contributed by atoms with Crippen LogP contribution in [-0.2, 0) is 4.74 Å². The highest BCUT2D eigenvalue weighted by molar-refractivity contribution is 6.09. The highest BCUT2D eigenvalue weighted by Gasteiger charge is 2.11. The van der Waals surface area contributed by atoms with Gasteiger partial charge in [0.25, 0.3) is 0 Å².